The smallest absolute Gasteiger partial charge is 0.355 e. The van der Waals surface area contributed by atoms with Crippen molar-refractivity contribution in [2.75, 3.05) is 4.90 Å². The first-order valence-corrected chi connectivity index (χ1v) is 17.7. The number of aromatic nitrogens is 3. The summed E-state index contributed by atoms with van der Waals surface area (Å²) < 4.78 is 51.6. The normalized spacial score (nSPS) is 10.3. The number of aromatic carboxylic acids is 1. The topological polar surface area (TPSA) is 79.2 Å². The maximum atomic E-state index is 13.2. The molecule has 0 amide bonds. The summed E-state index contributed by atoms with van der Waals surface area (Å²) in [6, 6.07) is 51.1. The van der Waals surface area contributed by atoms with E-state index in [0.29, 0.717) is 17.0 Å². The van der Waals surface area contributed by atoms with Crippen molar-refractivity contribution in [3.63, 3.8) is 0 Å². The number of anilines is 3. The molecule has 0 aliphatic carbocycles. The van der Waals surface area contributed by atoms with E-state index in [4.69, 9.17) is 0 Å². The molecule has 8 aromatic rings. The third-order valence-electron chi connectivity index (χ3n) is 8.23. The maximum absolute atomic E-state index is 13.2. The van der Waals surface area contributed by atoms with Crippen LogP contribution in [0.1, 0.15) is 21.6 Å². The minimum Gasteiger partial charge on any atom is -0.476 e. The van der Waals surface area contributed by atoms with Crippen LogP contribution in [0.2, 0.25) is 0 Å². The zero-order valence-corrected chi connectivity index (χ0v) is 33.3. The Balaban J connectivity index is 0.000000189. The quantitative estimate of drug-likeness (QED) is 0.121. The van der Waals surface area contributed by atoms with Crippen LogP contribution >= 0.6 is 0 Å². The van der Waals surface area contributed by atoms with E-state index in [0.717, 1.165) is 46.9 Å². The predicted molar refractivity (Wildman–Crippen MR) is 218 cm³/mol. The van der Waals surface area contributed by atoms with Gasteiger partial charge in [0.05, 0.1) is 0 Å². The monoisotopic (exact) mass is 965 g/mol. The molecule has 6 nitrogen and oxygen atoms in total. The molecule has 0 unspecified atom stereocenters. The Kier molecular flexibility index (Phi) is 15.7. The molecule has 0 atom stereocenters. The molecule has 0 spiro atoms. The molecule has 1 radical (unpaired) electrons. The van der Waals surface area contributed by atoms with E-state index in [1.807, 2.05) is 54.6 Å². The van der Waals surface area contributed by atoms with Crippen LogP contribution in [0.15, 0.2) is 176 Å². The van der Waals surface area contributed by atoms with Gasteiger partial charge in [-0.3, -0.25) is 17.6 Å². The minimum absolute atomic E-state index is 0. The van der Waals surface area contributed by atoms with Crippen LogP contribution in [-0.2, 0) is 20.1 Å². The van der Waals surface area contributed by atoms with Gasteiger partial charge in [-0.25, -0.2) is 9.78 Å². The number of carbonyl (C=O) groups is 1. The van der Waals surface area contributed by atoms with E-state index in [1.54, 1.807) is 67.0 Å². The fraction of sp³-hybridized carbons (Fsp3) is 0. The summed E-state index contributed by atoms with van der Waals surface area (Å²) in [5, 5.41) is 9.27. The van der Waals surface area contributed by atoms with E-state index >= 15 is 0 Å². The second-order valence-electron chi connectivity index (χ2n) is 12.2. The summed E-state index contributed by atoms with van der Waals surface area (Å²) in [6.07, 6.45) is 8.25. The first kappa shape index (κ1) is 43.1. The van der Waals surface area contributed by atoms with E-state index in [-0.39, 0.29) is 36.9 Å². The number of benzene rings is 5. The van der Waals surface area contributed by atoms with Crippen molar-refractivity contribution in [3.05, 3.63) is 229 Å². The van der Waals surface area contributed by atoms with Gasteiger partial charge in [-0.2, -0.15) is 0 Å². The van der Waals surface area contributed by atoms with Gasteiger partial charge in [0.1, 0.15) is 0 Å². The Morgan fingerprint density at radius 1 is 0.542 bits per heavy atom. The van der Waals surface area contributed by atoms with E-state index in [9.17, 15) is 27.5 Å². The molecule has 59 heavy (non-hydrogen) atoms. The van der Waals surface area contributed by atoms with Crippen molar-refractivity contribution in [3.8, 4) is 22.5 Å². The number of pyridine rings is 3. The van der Waals surface area contributed by atoms with Crippen LogP contribution in [0, 0.1) is 35.4 Å². The predicted octanol–water partition coefficient (Wildman–Crippen LogP) is 12.1. The molecule has 295 valence electrons. The van der Waals surface area contributed by atoms with Gasteiger partial charge >= 0.3 is 5.97 Å². The van der Waals surface area contributed by atoms with Gasteiger partial charge in [0.2, 0.25) is 0 Å². The zero-order chi connectivity index (χ0) is 40.7. The van der Waals surface area contributed by atoms with Crippen LogP contribution in [0.5, 0.6) is 0 Å². The fourth-order valence-corrected chi connectivity index (χ4v) is 5.56. The fourth-order valence-electron chi connectivity index (χ4n) is 5.56. The number of nitrogens with zero attached hydrogens (tertiary/aromatic N) is 4. The van der Waals surface area contributed by atoms with Gasteiger partial charge in [0.15, 0.2) is 5.69 Å². The summed E-state index contributed by atoms with van der Waals surface area (Å²) in [5.74, 6) is -3.61. The molecular weight excluding hydrogens is 933 g/mol. The molecule has 0 bridgehead atoms. The Bertz CT molecular complexity index is 2460. The third-order valence-corrected chi connectivity index (χ3v) is 8.23. The summed E-state index contributed by atoms with van der Waals surface area (Å²) in [6.45, 7) is 0. The molecule has 8 rings (SSSR count). The molecule has 3 heterocycles. The van der Waals surface area contributed by atoms with E-state index in [2.05, 4.69) is 68.4 Å². The van der Waals surface area contributed by atoms with Crippen molar-refractivity contribution >= 4 is 35.2 Å². The summed E-state index contributed by atoms with van der Waals surface area (Å²) in [5.41, 5.74) is 6.06. The van der Waals surface area contributed by atoms with Crippen LogP contribution < -0.4 is 4.90 Å². The first-order valence-electron chi connectivity index (χ1n) is 17.7. The van der Waals surface area contributed by atoms with Crippen molar-refractivity contribution < 1.29 is 47.6 Å². The molecular formula is C48H32F4IrN4O2-2. The number of hydrogen-bond acceptors (Lipinski definition) is 5. The molecule has 0 fully saturated rings. The number of rotatable bonds is 8. The second kappa shape index (κ2) is 21.5. The molecule has 0 saturated heterocycles. The van der Waals surface area contributed by atoms with Crippen molar-refractivity contribution in [2.45, 2.75) is 0 Å². The largest absolute Gasteiger partial charge is 0.476 e. The molecule has 0 saturated carbocycles. The summed E-state index contributed by atoms with van der Waals surface area (Å²) >= 11 is 0. The average molecular weight is 965 g/mol. The van der Waals surface area contributed by atoms with Crippen molar-refractivity contribution in [2.24, 2.45) is 0 Å². The van der Waals surface area contributed by atoms with Crippen molar-refractivity contribution in [1.82, 2.24) is 15.0 Å². The molecule has 0 aliphatic heterocycles. The van der Waals surface area contributed by atoms with Gasteiger partial charge in [-0.05, 0) is 71.5 Å². The van der Waals surface area contributed by atoms with E-state index in [1.165, 1.54) is 6.20 Å². The number of carboxylic acids is 1. The van der Waals surface area contributed by atoms with Gasteiger partial charge in [0, 0.05) is 84.6 Å². The van der Waals surface area contributed by atoms with Gasteiger partial charge in [0.25, 0.3) is 0 Å². The van der Waals surface area contributed by atoms with Crippen LogP contribution in [-0.4, -0.2) is 26.0 Å². The van der Waals surface area contributed by atoms with Crippen molar-refractivity contribution in [1.29, 1.82) is 0 Å². The Hall–Kier alpha value is -7.07. The average Bonchev–Trinajstić information content (AvgIpc) is 3.25. The van der Waals surface area contributed by atoms with Crippen LogP contribution in [0.3, 0.4) is 0 Å². The SMILES string of the molecule is Fc1c[c-]c(-c2ccccn2)c(F)c1.Fc1c[c-]c(-c2ccccn2)c(F)c1.O=C(O)c1ncccc1/C=C/c1ccc(N(c2ccccc2)c2ccccc2)cc1.[Ir]. The number of carboxylic acid groups (broad SMARTS) is 1. The van der Waals surface area contributed by atoms with Crippen LogP contribution in [0.25, 0.3) is 34.7 Å². The molecule has 0 aliphatic rings. The van der Waals surface area contributed by atoms with Gasteiger partial charge < -0.3 is 20.0 Å². The number of hydrogen-bond donors (Lipinski definition) is 1. The van der Waals surface area contributed by atoms with Crippen LogP contribution in [0.4, 0.5) is 34.6 Å². The van der Waals surface area contributed by atoms with Gasteiger partial charge in [-0.1, -0.05) is 114 Å². The van der Waals surface area contributed by atoms with E-state index < -0.39 is 29.2 Å². The minimum atomic E-state index is -1.04. The third kappa shape index (κ3) is 12.0. The Morgan fingerprint density at radius 2 is 1.00 bits per heavy atom. The summed E-state index contributed by atoms with van der Waals surface area (Å²) in [7, 11) is 0. The molecule has 1 N–H and O–H groups in total. The zero-order valence-electron chi connectivity index (χ0n) is 30.9. The molecule has 5 aromatic carbocycles. The first-order chi connectivity index (χ1) is 28.3. The summed E-state index contributed by atoms with van der Waals surface area (Å²) in [4.78, 5) is 25.3. The molecule has 3 aromatic heterocycles. The second-order valence-corrected chi connectivity index (χ2v) is 12.2. The van der Waals surface area contributed by atoms with Gasteiger partial charge in [-0.15, -0.1) is 24.3 Å². The number of halogens is 4. The standard InChI is InChI=1S/C26H20N2O2.2C11H6F2N.Ir/c29-26(30)25-21(8-7-19-27-25)16-13-20-14-17-24(18-15-20)28(22-9-3-1-4-10-22)23-11-5-2-6-12-23;2*12-8-4-5-9(10(13)7-8)11-3-1-2-6-14-11;/h1-19H,(H,29,30);2*1-4,6-7H;/q;2*-1;/b16-13+;;;. The Labute approximate surface area is 352 Å². The number of para-hydroxylation sites is 2. The molecule has 11 heteroatoms. The Morgan fingerprint density at radius 3 is 1.44 bits per heavy atom. The maximum Gasteiger partial charge on any atom is 0.355 e.